The highest BCUT2D eigenvalue weighted by Gasteiger charge is 2.57. The van der Waals surface area contributed by atoms with Crippen LogP contribution in [0.1, 0.15) is 43.7 Å². The summed E-state index contributed by atoms with van der Waals surface area (Å²) < 4.78 is 0. The summed E-state index contributed by atoms with van der Waals surface area (Å²) in [6, 6.07) is 9.73. The van der Waals surface area contributed by atoms with Crippen molar-refractivity contribution in [2.75, 3.05) is 24.5 Å². The molecule has 3 heterocycles. The van der Waals surface area contributed by atoms with Crippen LogP contribution >= 0.6 is 11.3 Å². The van der Waals surface area contributed by atoms with Crippen LogP contribution < -0.4 is 4.90 Å². The third kappa shape index (κ3) is 4.59. The Kier molecular flexibility index (Phi) is 7.79. The van der Waals surface area contributed by atoms with Gasteiger partial charge in [-0.05, 0) is 31.7 Å². The number of nitrogens with zero attached hydrogens (tertiary/aromatic N) is 5. The zero-order valence-electron chi connectivity index (χ0n) is 18.4. The molecule has 1 aromatic heterocycles. The number of benzene rings is 1. The van der Waals surface area contributed by atoms with Gasteiger partial charge < -0.3 is 14.9 Å². The maximum Gasteiger partial charge on any atom is 0.327 e. The maximum atomic E-state index is 13.3. The van der Waals surface area contributed by atoms with Gasteiger partial charge in [0.1, 0.15) is 10.5 Å². The Bertz CT molecular complexity index is 927. The summed E-state index contributed by atoms with van der Waals surface area (Å²) in [5, 5.41) is 17.5. The maximum absolute atomic E-state index is 13.3. The SMILES string of the molecule is CCCc1nnc(N2CCC3(CC2)C(=O)N(CC)C(=O)N3Cc2ccccc2)s1.O=CO. The summed E-state index contributed by atoms with van der Waals surface area (Å²) in [6.07, 6.45) is 3.22. The predicted molar refractivity (Wildman–Crippen MR) is 122 cm³/mol. The van der Waals surface area contributed by atoms with Gasteiger partial charge in [-0.25, -0.2) is 4.79 Å². The average molecular weight is 460 g/mol. The van der Waals surface area contributed by atoms with Crippen LogP contribution in [0.2, 0.25) is 0 Å². The van der Waals surface area contributed by atoms with Crippen LogP contribution in [-0.4, -0.2) is 68.7 Å². The largest absolute Gasteiger partial charge is 0.483 e. The first kappa shape index (κ1) is 23.6. The Hall–Kier alpha value is -3.01. The molecule has 10 heteroatoms. The monoisotopic (exact) mass is 459 g/mol. The zero-order chi connectivity index (χ0) is 23.1. The molecule has 1 spiro atoms. The molecule has 0 unspecified atom stereocenters. The number of hydrogen-bond acceptors (Lipinski definition) is 7. The van der Waals surface area contributed by atoms with Gasteiger partial charge in [-0.3, -0.25) is 14.5 Å². The summed E-state index contributed by atoms with van der Waals surface area (Å²) in [4.78, 5) is 40.1. The first-order valence-electron chi connectivity index (χ1n) is 10.8. The minimum atomic E-state index is -0.754. The van der Waals surface area contributed by atoms with Gasteiger partial charge in [-0.2, -0.15) is 0 Å². The van der Waals surface area contributed by atoms with E-state index in [1.165, 1.54) is 4.90 Å². The number of carboxylic acid groups (broad SMARTS) is 1. The van der Waals surface area contributed by atoms with Gasteiger partial charge in [0.25, 0.3) is 12.4 Å². The van der Waals surface area contributed by atoms with E-state index in [1.54, 1.807) is 16.2 Å². The van der Waals surface area contributed by atoms with E-state index >= 15 is 0 Å². The topological polar surface area (TPSA) is 107 Å². The molecule has 0 bridgehead atoms. The lowest BCUT2D eigenvalue weighted by molar-refractivity contribution is -0.134. The molecule has 2 aromatic rings. The van der Waals surface area contributed by atoms with Gasteiger partial charge in [0, 0.05) is 32.6 Å². The van der Waals surface area contributed by atoms with Crippen LogP contribution in [0.3, 0.4) is 0 Å². The highest BCUT2D eigenvalue weighted by atomic mass is 32.1. The van der Waals surface area contributed by atoms with Crippen molar-refractivity contribution in [3.8, 4) is 0 Å². The molecule has 0 atom stereocenters. The number of carbonyl (C=O) groups is 3. The van der Waals surface area contributed by atoms with Crippen molar-refractivity contribution in [2.24, 2.45) is 0 Å². The molecule has 0 aliphatic carbocycles. The second-order valence-corrected chi connectivity index (χ2v) is 8.80. The second kappa shape index (κ2) is 10.5. The minimum Gasteiger partial charge on any atom is -0.483 e. The molecule has 2 fully saturated rings. The first-order chi connectivity index (χ1) is 15.5. The lowest BCUT2D eigenvalue weighted by Crippen LogP contribution is -2.56. The van der Waals surface area contributed by atoms with Gasteiger partial charge in [-0.15, -0.1) is 10.2 Å². The number of amides is 3. The number of aryl methyl sites for hydroxylation is 1. The number of rotatable bonds is 6. The number of piperidine rings is 1. The average Bonchev–Trinajstić information content (AvgIpc) is 3.34. The van der Waals surface area contributed by atoms with Crippen LogP contribution in [0.15, 0.2) is 30.3 Å². The molecular formula is C22H29N5O4S. The van der Waals surface area contributed by atoms with Crippen molar-refractivity contribution in [2.45, 2.75) is 51.6 Å². The van der Waals surface area contributed by atoms with Crippen molar-refractivity contribution in [1.29, 1.82) is 0 Å². The Morgan fingerprint density at radius 2 is 1.78 bits per heavy atom. The van der Waals surface area contributed by atoms with E-state index in [0.717, 1.165) is 28.5 Å². The molecule has 1 N–H and O–H groups in total. The van der Waals surface area contributed by atoms with Crippen LogP contribution in [0.25, 0.3) is 0 Å². The molecule has 2 aliphatic rings. The second-order valence-electron chi connectivity index (χ2n) is 7.76. The highest BCUT2D eigenvalue weighted by molar-refractivity contribution is 7.15. The first-order valence-corrected chi connectivity index (χ1v) is 11.6. The number of urea groups is 1. The van der Waals surface area contributed by atoms with Crippen molar-refractivity contribution >= 4 is 34.9 Å². The highest BCUT2D eigenvalue weighted by Crippen LogP contribution is 2.39. The fraction of sp³-hybridized carbons (Fsp3) is 0.500. The van der Waals surface area contributed by atoms with E-state index in [9.17, 15) is 9.59 Å². The minimum absolute atomic E-state index is 0.0514. The summed E-state index contributed by atoms with van der Waals surface area (Å²) in [5.74, 6) is -0.0514. The molecule has 2 saturated heterocycles. The Morgan fingerprint density at radius 3 is 2.38 bits per heavy atom. The molecule has 2 aliphatic heterocycles. The van der Waals surface area contributed by atoms with Crippen LogP contribution in [0.5, 0.6) is 0 Å². The van der Waals surface area contributed by atoms with Crippen molar-refractivity contribution in [3.05, 3.63) is 40.9 Å². The molecule has 32 heavy (non-hydrogen) atoms. The number of likely N-dealkylation sites (N-methyl/N-ethyl adjacent to an activating group) is 1. The smallest absolute Gasteiger partial charge is 0.327 e. The molecule has 172 valence electrons. The summed E-state index contributed by atoms with van der Waals surface area (Å²) >= 11 is 1.63. The standard InChI is InChI=1S/C21H27N5O2S.CH2O2/c1-3-8-17-22-23-19(29-17)24-13-11-21(12-14-24)18(27)25(4-2)20(28)26(21)15-16-9-6-5-7-10-16;2-1-3/h5-7,9-10H,3-4,8,11-15H2,1-2H3;1H,(H,2,3). The van der Waals surface area contributed by atoms with Crippen LogP contribution in [0, 0.1) is 0 Å². The number of imide groups is 1. The Balaban J connectivity index is 0.000000913. The molecular weight excluding hydrogens is 430 g/mol. The van der Waals surface area contributed by atoms with Gasteiger partial charge in [0.15, 0.2) is 0 Å². The molecule has 4 rings (SSSR count). The Morgan fingerprint density at radius 1 is 1.12 bits per heavy atom. The lowest BCUT2D eigenvalue weighted by Gasteiger charge is -2.42. The number of aromatic nitrogens is 2. The molecule has 0 radical (unpaired) electrons. The number of anilines is 1. The normalized spacial score (nSPS) is 17.5. The fourth-order valence-corrected chi connectivity index (χ4v) is 5.28. The third-order valence-electron chi connectivity index (χ3n) is 5.90. The van der Waals surface area contributed by atoms with E-state index < -0.39 is 5.54 Å². The zero-order valence-corrected chi connectivity index (χ0v) is 19.3. The Labute approximate surface area is 191 Å². The summed E-state index contributed by atoms with van der Waals surface area (Å²) in [7, 11) is 0. The third-order valence-corrected chi connectivity index (χ3v) is 6.95. The van der Waals surface area contributed by atoms with Crippen LogP contribution in [0.4, 0.5) is 9.93 Å². The van der Waals surface area contributed by atoms with E-state index in [-0.39, 0.29) is 18.4 Å². The van der Waals surface area contributed by atoms with Gasteiger partial charge in [0.2, 0.25) is 5.13 Å². The fourth-order valence-electron chi connectivity index (χ4n) is 4.29. The van der Waals surface area contributed by atoms with Crippen molar-refractivity contribution < 1.29 is 19.5 Å². The number of hydrogen-bond donors (Lipinski definition) is 1. The number of carbonyl (C=O) groups excluding carboxylic acids is 2. The van der Waals surface area contributed by atoms with Gasteiger partial charge in [-0.1, -0.05) is 48.6 Å². The van der Waals surface area contributed by atoms with Gasteiger partial charge in [0.05, 0.1) is 0 Å². The van der Waals surface area contributed by atoms with E-state index in [1.807, 2.05) is 37.3 Å². The molecule has 1 aromatic carbocycles. The summed E-state index contributed by atoms with van der Waals surface area (Å²) in [5.41, 5.74) is 0.290. The van der Waals surface area contributed by atoms with E-state index in [4.69, 9.17) is 9.90 Å². The molecule has 3 amide bonds. The van der Waals surface area contributed by atoms with Gasteiger partial charge >= 0.3 is 6.03 Å². The molecule has 0 saturated carbocycles. The van der Waals surface area contributed by atoms with Crippen molar-refractivity contribution in [1.82, 2.24) is 20.0 Å². The quantitative estimate of drug-likeness (QED) is 0.523. The van der Waals surface area contributed by atoms with Crippen molar-refractivity contribution in [3.63, 3.8) is 0 Å². The predicted octanol–water partition coefficient (Wildman–Crippen LogP) is 3.01. The molecule has 9 nitrogen and oxygen atoms in total. The van der Waals surface area contributed by atoms with Crippen LogP contribution in [-0.2, 0) is 22.6 Å². The van der Waals surface area contributed by atoms with E-state index in [0.29, 0.717) is 39.0 Å². The summed E-state index contributed by atoms with van der Waals surface area (Å²) in [6.45, 7) is 6.01. The van der Waals surface area contributed by atoms with E-state index in [2.05, 4.69) is 22.0 Å². The lowest BCUT2D eigenvalue weighted by atomic mass is 9.85.